The van der Waals surface area contributed by atoms with E-state index in [1.54, 1.807) is 0 Å². The van der Waals surface area contributed by atoms with Crippen molar-refractivity contribution in [3.05, 3.63) is 47.0 Å². The highest BCUT2D eigenvalue weighted by molar-refractivity contribution is 5.89. The van der Waals surface area contributed by atoms with Crippen molar-refractivity contribution in [3.63, 3.8) is 0 Å². The number of alkyl halides is 9. The van der Waals surface area contributed by atoms with Crippen molar-refractivity contribution < 1.29 is 49.0 Å². The van der Waals surface area contributed by atoms with Crippen LogP contribution in [0.25, 0.3) is 11.3 Å². The number of ether oxygens (including phenoxy) is 1. The zero-order chi connectivity index (χ0) is 30.4. The van der Waals surface area contributed by atoms with Crippen molar-refractivity contribution in [2.24, 2.45) is 12.5 Å². The van der Waals surface area contributed by atoms with Crippen LogP contribution in [0.1, 0.15) is 35.5 Å². The molecule has 0 radical (unpaired) electrons. The first-order chi connectivity index (χ1) is 18.9. The zero-order valence-electron chi connectivity index (χ0n) is 21.1. The first-order valence-corrected chi connectivity index (χ1v) is 11.7. The average Bonchev–Trinajstić information content (AvgIpc) is 3.55. The fraction of sp³-hybridized carbons (Fsp3) is 0.435. The van der Waals surface area contributed by atoms with Crippen LogP contribution in [0.3, 0.4) is 0 Å². The first-order valence-electron chi connectivity index (χ1n) is 11.7. The monoisotopic (exact) mass is 597 g/mol. The van der Waals surface area contributed by atoms with E-state index in [2.05, 4.69) is 30.9 Å². The summed E-state index contributed by atoms with van der Waals surface area (Å²) in [6, 6.07) is 1.63. The predicted molar refractivity (Wildman–Crippen MR) is 122 cm³/mol. The fourth-order valence-electron chi connectivity index (χ4n) is 3.78. The lowest BCUT2D eigenvalue weighted by molar-refractivity contribution is -0.194. The lowest BCUT2D eigenvalue weighted by Crippen LogP contribution is -2.31. The van der Waals surface area contributed by atoms with Crippen LogP contribution in [-0.4, -0.2) is 43.8 Å². The molecule has 0 aliphatic heterocycles. The van der Waals surface area contributed by atoms with Crippen LogP contribution in [0.5, 0.6) is 5.88 Å². The molecule has 3 aromatic heterocycles. The van der Waals surface area contributed by atoms with Crippen molar-refractivity contribution >= 4 is 11.7 Å². The van der Waals surface area contributed by atoms with Gasteiger partial charge in [-0.2, -0.15) is 49.7 Å². The molecule has 3 heterocycles. The highest BCUT2D eigenvalue weighted by atomic mass is 19.4. The Balaban J connectivity index is 1.44. The molecule has 2 amide bonds. The molecule has 9 nitrogen and oxygen atoms in total. The second kappa shape index (κ2) is 10.4. The number of nitrogens with zero attached hydrogens (tertiary/aromatic N) is 5. The van der Waals surface area contributed by atoms with E-state index in [-0.39, 0.29) is 41.9 Å². The van der Waals surface area contributed by atoms with Gasteiger partial charge >= 0.3 is 24.6 Å². The molecule has 4 rings (SSSR count). The number of hydrogen-bond donors (Lipinski definition) is 2. The molecule has 3 aromatic rings. The summed E-state index contributed by atoms with van der Waals surface area (Å²) in [6.07, 6.45) is -13.7. The molecule has 222 valence electrons. The van der Waals surface area contributed by atoms with Gasteiger partial charge < -0.3 is 15.4 Å². The smallest absolute Gasteiger partial charge is 0.435 e. The largest absolute Gasteiger partial charge is 0.477 e. The Morgan fingerprint density at radius 3 is 2.27 bits per heavy atom. The van der Waals surface area contributed by atoms with Gasteiger partial charge in [-0.25, -0.2) is 9.78 Å². The van der Waals surface area contributed by atoms with E-state index < -0.39 is 59.5 Å². The van der Waals surface area contributed by atoms with Gasteiger partial charge in [0.05, 0.1) is 23.5 Å². The number of pyridine rings is 1. The van der Waals surface area contributed by atoms with Crippen molar-refractivity contribution in [1.29, 1.82) is 0 Å². The fourth-order valence-corrected chi connectivity index (χ4v) is 3.78. The Bertz CT molecular complexity index is 1440. The van der Waals surface area contributed by atoms with Gasteiger partial charge in [0.2, 0.25) is 5.88 Å². The standard InChI is InChI=1S/C23H20F9N7O2/c1-11-5-13(36-37-17(11)14-9-39(2)38-18(14)22(27,28)29)8-33-19(40)34-12-6-15(21(24,25)26)35-16(7-12)41-10-20(3-4-20)23(30,31)32/h5-7,9H,3-4,8,10H2,1-2H3,(H2,33,34,35,40). The molecule has 0 spiro atoms. The molecule has 0 saturated heterocycles. The number of amides is 2. The summed E-state index contributed by atoms with van der Waals surface area (Å²) in [5.74, 6) is -0.767. The molecule has 1 aliphatic carbocycles. The third-order valence-corrected chi connectivity index (χ3v) is 6.12. The molecule has 0 bridgehead atoms. The highest BCUT2D eigenvalue weighted by Gasteiger charge is 2.64. The molecule has 0 unspecified atom stereocenters. The minimum Gasteiger partial charge on any atom is -0.477 e. The Morgan fingerprint density at radius 1 is 1.02 bits per heavy atom. The summed E-state index contributed by atoms with van der Waals surface area (Å²) < 4.78 is 125. The van der Waals surface area contributed by atoms with Gasteiger partial charge in [-0.1, -0.05) is 0 Å². The topological polar surface area (TPSA) is 107 Å². The number of aryl methyl sites for hydroxylation is 2. The van der Waals surface area contributed by atoms with Gasteiger partial charge in [0.1, 0.15) is 12.0 Å². The van der Waals surface area contributed by atoms with Crippen LogP contribution in [0.2, 0.25) is 0 Å². The Hall–Kier alpha value is -4.12. The molecule has 1 saturated carbocycles. The second-order valence-corrected chi connectivity index (χ2v) is 9.38. The first kappa shape index (κ1) is 29.9. The van der Waals surface area contributed by atoms with E-state index in [0.29, 0.717) is 6.07 Å². The number of anilines is 1. The van der Waals surface area contributed by atoms with Gasteiger partial charge in [-0.3, -0.25) is 4.68 Å². The second-order valence-electron chi connectivity index (χ2n) is 9.38. The average molecular weight is 597 g/mol. The van der Waals surface area contributed by atoms with Gasteiger partial charge in [0.15, 0.2) is 11.4 Å². The number of carbonyl (C=O) groups excluding carboxylic acids is 1. The number of aromatic nitrogens is 5. The minimum absolute atomic E-state index is 0.0962. The zero-order valence-corrected chi connectivity index (χ0v) is 21.1. The maximum atomic E-state index is 13.3. The summed E-state index contributed by atoms with van der Waals surface area (Å²) in [5.41, 5.74) is -5.31. The van der Waals surface area contributed by atoms with Crippen molar-refractivity contribution in [1.82, 2.24) is 30.3 Å². The van der Waals surface area contributed by atoms with E-state index in [4.69, 9.17) is 4.74 Å². The molecular formula is C23H20F9N7O2. The quantitative estimate of drug-likeness (QED) is 0.341. The number of rotatable bonds is 7. The third kappa shape index (κ3) is 6.79. The van der Waals surface area contributed by atoms with Gasteiger partial charge in [-0.05, 0) is 37.5 Å². The molecule has 0 atom stereocenters. The van der Waals surface area contributed by atoms with Crippen LogP contribution in [0, 0.1) is 12.3 Å². The molecular weight excluding hydrogens is 577 g/mol. The Morgan fingerprint density at radius 2 is 1.71 bits per heavy atom. The predicted octanol–water partition coefficient (Wildman–Crippen LogP) is 5.66. The van der Waals surface area contributed by atoms with Gasteiger partial charge in [-0.15, -0.1) is 5.10 Å². The highest BCUT2D eigenvalue weighted by Crippen LogP contribution is 2.57. The SMILES string of the molecule is Cc1cc(CNC(=O)Nc2cc(OCC3(C(F)(F)F)CC3)nc(C(F)(F)F)c2)nnc1-c1cn(C)nc1C(F)(F)F. The van der Waals surface area contributed by atoms with Crippen LogP contribution in [-0.2, 0) is 25.9 Å². The molecule has 2 N–H and O–H groups in total. The van der Waals surface area contributed by atoms with Crippen molar-refractivity contribution in [2.75, 3.05) is 11.9 Å². The third-order valence-electron chi connectivity index (χ3n) is 6.12. The summed E-state index contributed by atoms with van der Waals surface area (Å²) in [7, 11) is 1.31. The lowest BCUT2D eigenvalue weighted by Gasteiger charge is -2.20. The van der Waals surface area contributed by atoms with Crippen molar-refractivity contribution in [3.8, 4) is 17.1 Å². The molecule has 0 aromatic carbocycles. The Kier molecular flexibility index (Phi) is 7.55. The number of hydrogen-bond acceptors (Lipinski definition) is 6. The van der Waals surface area contributed by atoms with Crippen LogP contribution in [0.15, 0.2) is 24.4 Å². The summed E-state index contributed by atoms with van der Waals surface area (Å²) in [5, 5.41) is 15.4. The van der Waals surface area contributed by atoms with Gasteiger partial charge in [0, 0.05) is 25.0 Å². The van der Waals surface area contributed by atoms with Gasteiger partial charge in [0.25, 0.3) is 0 Å². The number of carbonyl (C=O) groups is 1. The summed E-state index contributed by atoms with van der Waals surface area (Å²) in [6.45, 7) is 0.199. The van der Waals surface area contributed by atoms with E-state index in [1.807, 2.05) is 0 Å². The molecule has 41 heavy (non-hydrogen) atoms. The van der Waals surface area contributed by atoms with Crippen LogP contribution in [0.4, 0.5) is 50.0 Å². The number of urea groups is 1. The van der Waals surface area contributed by atoms with E-state index in [1.165, 1.54) is 20.0 Å². The van der Waals surface area contributed by atoms with E-state index >= 15 is 0 Å². The molecule has 1 fully saturated rings. The maximum absolute atomic E-state index is 13.3. The van der Waals surface area contributed by atoms with Crippen LogP contribution >= 0.6 is 0 Å². The Labute approximate surface area is 225 Å². The summed E-state index contributed by atoms with van der Waals surface area (Å²) in [4.78, 5) is 15.6. The lowest BCUT2D eigenvalue weighted by atomic mass is 10.1. The maximum Gasteiger partial charge on any atom is 0.435 e. The number of nitrogens with one attached hydrogen (secondary N) is 2. The molecule has 1 aliphatic rings. The minimum atomic E-state index is -5.00. The summed E-state index contributed by atoms with van der Waals surface area (Å²) >= 11 is 0. The van der Waals surface area contributed by atoms with E-state index in [9.17, 15) is 44.3 Å². The molecule has 18 heteroatoms. The van der Waals surface area contributed by atoms with Crippen LogP contribution < -0.4 is 15.4 Å². The normalized spacial score (nSPS) is 15.0. The van der Waals surface area contributed by atoms with Crippen molar-refractivity contribution in [2.45, 2.75) is 44.8 Å². The number of halogens is 9. The van der Waals surface area contributed by atoms with E-state index in [0.717, 1.165) is 16.9 Å².